The van der Waals surface area contributed by atoms with E-state index in [0.717, 1.165) is 11.3 Å². The van der Waals surface area contributed by atoms with Gasteiger partial charge in [0.25, 0.3) is 0 Å². The van der Waals surface area contributed by atoms with E-state index in [9.17, 15) is 0 Å². The van der Waals surface area contributed by atoms with Gasteiger partial charge in [0, 0.05) is 5.56 Å². The predicted octanol–water partition coefficient (Wildman–Crippen LogP) is 2.49. The monoisotopic (exact) mass is 252 g/mol. The summed E-state index contributed by atoms with van der Waals surface area (Å²) in [5.41, 5.74) is 3.58. The molecule has 0 bridgehead atoms. The molecule has 0 aliphatic heterocycles. The Morgan fingerprint density at radius 1 is 1.29 bits per heavy atom. The van der Waals surface area contributed by atoms with Crippen LogP contribution < -0.4 is 16.0 Å². The molecule has 0 saturated carbocycles. The quantitative estimate of drug-likeness (QED) is 0.648. The van der Waals surface area contributed by atoms with Gasteiger partial charge in [0.1, 0.15) is 17.6 Å². The van der Waals surface area contributed by atoms with E-state index in [-0.39, 0.29) is 6.04 Å². The average molecular weight is 253 g/mol. The molecule has 4 nitrogen and oxygen atoms in total. The third-order valence-electron chi connectivity index (χ3n) is 2.50. The molecule has 0 saturated heterocycles. The number of hydrazine groups is 1. The first-order chi connectivity index (χ1) is 8.26. The van der Waals surface area contributed by atoms with E-state index < -0.39 is 0 Å². The SMILES string of the molecule is COc1ccccc1C(NN)c1ccc(Cl)o1. The van der Waals surface area contributed by atoms with Crippen LogP contribution in [0.15, 0.2) is 40.8 Å². The zero-order chi connectivity index (χ0) is 12.3. The van der Waals surface area contributed by atoms with E-state index in [0.29, 0.717) is 11.0 Å². The number of ether oxygens (including phenoxy) is 1. The molecule has 0 aliphatic rings. The lowest BCUT2D eigenvalue weighted by molar-refractivity contribution is 0.394. The normalized spacial score (nSPS) is 12.4. The summed E-state index contributed by atoms with van der Waals surface area (Å²) in [6, 6.07) is 10.7. The Kier molecular flexibility index (Phi) is 3.68. The molecule has 0 fully saturated rings. The Morgan fingerprint density at radius 2 is 2.06 bits per heavy atom. The number of hydrogen-bond donors (Lipinski definition) is 2. The molecule has 5 heteroatoms. The van der Waals surface area contributed by atoms with Crippen LogP contribution >= 0.6 is 11.6 Å². The first-order valence-electron chi connectivity index (χ1n) is 5.10. The second-order valence-electron chi connectivity index (χ2n) is 3.48. The lowest BCUT2D eigenvalue weighted by Gasteiger charge is -2.16. The fourth-order valence-electron chi connectivity index (χ4n) is 1.71. The van der Waals surface area contributed by atoms with E-state index >= 15 is 0 Å². The molecule has 1 heterocycles. The second-order valence-corrected chi connectivity index (χ2v) is 3.86. The number of nitrogens with one attached hydrogen (secondary N) is 1. The zero-order valence-electron chi connectivity index (χ0n) is 9.31. The number of rotatable bonds is 4. The molecule has 2 rings (SSSR count). The Hall–Kier alpha value is -1.49. The minimum atomic E-state index is -0.293. The van der Waals surface area contributed by atoms with E-state index in [2.05, 4.69) is 5.43 Å². The summed E-state index contributed by atoms with van der Waals surface area (Å²) in [7, 11) is 1.61. The standard InChI is InChI=1S/C12H13ClN2O2/c1-16-9-5-3-2-4-8(9)12(15-14)10-6-7-11(13)17-10/h2-7,12,15H,14H2,1H3. The van der Waals surface area contributed by atoms with Gasteiger partial charge in [-0.25, -0.2) is 5.43 Å². The van der Waals surface area contributed by atoms with E-state index in [1.54, 1.807) is 19.2 Å². The molecule has 0 radical (unpaired) electrons. The van der Waals surface area contributed by atoms with Crippen LogP contribution in [0.1, 0.15) is 17.4 Å². The minimum Gasteiger partial charge on any atom is -0.496 e. The molecular weight excluding hydrogens is 240 g/mol. The summed E-state index contributed by atoms with van der Waals surface area (Å²) < 4.78 is 10.6. The van der Waals surface area contributed by atoms with Gasteiger partial charge in [-0.3, -0.25) is 5.84 Å². The van der Waals surface area contributed by atoms with Gasteiger partial charge in [-0.05, 0) is 29.8 Å². The zero-order valence-corrected chi connectivity index (χ0v) is 10.1. The van der Waals surface area contributed by atoms with Crippen molar-refractivity contribution >= 4 is 11.6 Å². The number of para-hydroxylation sites is 1. The molecule has 17 heavy (non-hydrogen) atoms. The number of nitrogens with two attached hydrogens (primary N) is 1. The lowest BCUT2D eigenvalue weighted by atomic mass is 10.0. The third-order valence-corrected chi connectivity index (χ3v) is 2.70. The van der Waals surface area contributed by atoms with Gasteiger partial charge in [-0.2, -0.15) is 0 Å². The van der Waals surface area contributed by atoms with Crippen molar-refractivity contribution in [2.24, 2.45) is 5.84 Å². The molecule has 3 N–H and O–H groups in total. The van der Waals surface area contributed by atoms with Gasteiger partial charge < -0.3 is 9.15 Å². The van der Waals surface area contributed by atoms with Crippen molar-refractivity contribution in [3.8, 4) is 5.75 Å². The highest BCUT2D eigenvalue weighted by atomic mass is 35.5. The van der Waals surface area contributed by atoms with Gasteiger partial charge in [0.2, 0.25) is 0 Å². The van der Waals surface area contributed by atoms with Crippen LogP contribution in [0.2, 0.25) is 5.22 Å². The van der Waals surface area contributed by atoms with Crippen molar-refractivity contribution in [1.29, 1.82) is 0 Å². The van der Waals surface area contributed by atoms with E-state index in [4.69, 9.17) is 26.6 Å². The average Bonchev–Trinajstić information content (AvgIpc) is 2.77. The maximum absolute atomic E-state index is 5.76. The number of benzene rings is 1. The summed E-state index contributed by atoms with van der Waals surface area (Å²) in [6.45, 7) is 0. The summed E-state index contributed by atoms with van der Waals surface area (Å²) in [5.74, 6) is 6.94. The molecule has 1 aromatic carbocycles. The first kappa shape index (κ1) is 12.0. The Bertz CT molecular complexity index is 499. The summed E-state index contributed by atoms with van der Waals surface area (Å²) in [5, 5.41) is 0.329. The van der Waals surface area contributed by atoms with Crippen LogP contribution in [-0.2, 0) is 0 Å². The molecule has 1 unspecified atom stereocenters. The number of methoxy groups -OCH3 is 1. The predicted molar refractivity (Wildman–Crippen MR) is 65.9 cm³/mol. The maximum Gasteiger partial charge on any atom is 0.193 e. The number of hydrogen-bond acceptors (Lipinski definition) is 4. The topological polar surface area (TPSA) is 60.4 Å². The van der Waals surface area contributed by atoms with Gasteiger partial charge in [0.15, 0.2) is 5.22 Å². The van der Waals surface area contributed by atoms with Crippen LogP contribution in [-0.4, -0.2) is 7.11 Å². The van der Waals surface area contributed by atoms with Crippen molar-refractivity contribution in [2.45, 2.75) is 6.04 Å². The van der Waals surface area contributed by atoms with Crippen molar-refractivity contribution in [3.05, 3.63) is 52.9 Å². The van der Waals surface area contributed by atoms with Crippen molar-refractivity contribution in [1.82, 2.24) is 5.43 Å². The van der Waals surface area contributed by atoms with Crippen molar-refractivity contribution in [2.75, 3.05) is 7.11 Å². The molecule has 0 amide bonds. The highest BCUT2D eigenvalue weighted by Crippen LogP contribution is 2.31. The molecule has 0 spiro atoms. The Labute approximate surface area is 104 Å². The van der Waals surface area contributed by atoms with Crippen LogP contribution in [0.3, 0.4) is 0 Å². The fourth-order valence-corrected chi connectivity index (χ4v) is 1.87. The molecule has 1 atom stereocenters. The second kappa shape index (κ2) is 5.23. The summed E-state index contributed by atoms with van der Waals surface area (Å²) >= 11 is 5.76. The van der Waals surface area contributed by atoms with Gasteiger partial charge in [-0.15, -0.1) is 0 Å². The molecule has 2 aromatic rings. The van der Waals surface area contributed by atoms with Gasteiger partial charge in [-0.1, -0.05) is 18.2 Å². The summed E-state index contributed by atoms with van der Waals surface area (Å²) in [4.78, 5) is 0. The summed E-state index contributed by atoms with van der Waals surface area (Å²) in [6.07, 6.45) is 0. The van der Waals surface area contributed by atoms with Gasteiger partial charge >= 0.3 is 0 Å². The van der Waals surface area contributed by atoms with Gasteiger partial charge in [0.05, 0.1) is 7.11 Å². The molecular formula is C12H13ClN2O2. The lowest BCUT2D eigenvalue weighted by Crippen LogP contribution is -2.28. The largest absolute Gasteiger partial charge is 0.496 e. The third kappa shape index (κ3) is 2.44. The first-order valence-corrected chi connectivity index (χ1v) is 5.48. The molecule has 90 valence electrons. The smallest absolute Gasteiger partial charge is 0.193 e. The Balaban J connectivity index is 2.41. The Morgan fingerprint density at radius 3 is 2.65 bits per heavy atom. The highest BCUT2D eigenvalue weighted by molar-refractivity contribution is 6.28. The number of furan rings is 1. The van der Waals surface area contributed by atoms with E-state index in [1.165, 1.54) is 0 Å². The van der Waals surface area contributed by atoms with E-state index in [1.807, 2.05) is 24.3 Å². The number of halogens is 1. The molecule has 0 aliphatic carbocycles. The van der Waals surface area contributed by atoms with Crippen LogP contribution in [0.25, 0.3) is 0 Å². The fraction of sp³-hybridized carbons (Fsp3) is 0.167. The van der Waals surface area contributed by atoms with Crippen molar-refractivity contribution in [3.63, 3.8) is 0 Å². The maximum atomic E-state index is 5.76. The van der Waals surface area contributed by atoms with Crippen LogP contribution in [0.5, 0.6) is 5.75 Å². The van der Waals surface area contributed by atoms with Crippen molar-refractivity contribution < 1.29 is 9.15 Å². The minimum absolute atomic E-state index is 0.293. The molecule has 1 aromatic heterocycles. The van der Waals surface area contributed by atoms with Crippen LogP contribution in [0, 0.1) is 0 Å². The van der Waals surface area contributed by atoms with Crippen LogP contribution in [0.4, 0.5) is 0 Å². The highest BCUT2D eigenvalue weighted by Gasteiger charge is 2.19.